The zero-order valence-electron chi connectivity index (χ0n) is 8.50. The highest BCUT2D eigenvalue weighted by atomic mass is 16.1. The molecule has 3 nitrogen and oxygen atoms in total. The number of hydrogen-bond acceptors (Lipinski definition) is 2. The summed E-state index contributed by atoms with van der Waals surface area (Å²) < 4.78 is 0. The summed E-state index contributed by atoms with van der Waals surface area (Å²) in [5.41, 5.74) is 3.14. The van der Waals surface area contributed by atoms with Crippen LogP contribution < -0.4 is 10.2 Å². The zero-order valence-corrected chi connectivity index (χ0v) is 8.50. The van der Waals surface area contributed by atoms with Crippen LogP contribution in [0.25, 0.3) is 0 Å². The molecule has 0 spiro atoms. The number of hydrogen-bond donors (Lipinski definition) is 1. The highest BCUT2D eigenvalue weighted by Crippen LogP contribution is 2.24. The summed E-state index contributed by atoms with van der Waals surface area (Å²) in [4.78, 5) is 13.6. The van der Waals surface area contributed by atoms with Gasteiger partial charge in [-0.2, -0.15) is 0 Å². The van der Waals surface area contributed by atoms with Gasteiger partial charge in [0.2, 0.25) is 0 Å². The van der Waals surface area contributed by atoms with E-state index in [4.69, 9.17) is 0 Å². The Morgan fingerprint density at radius 1 is 1.36 bits per heavy atom. The molecule has 0 fully saturated rings. The van der Waals surface area contributed by atoms with Gasteiger partial charge in [0.15, 0.2) is 0 Å². The third-order valence-corrected chi connectivity index (χ3v) is 2.54. The zero-order chi connectivity index (χ0) is 10.1. The molecule has 3 heteroatoms. The lowest BCUT2D eigenvalue weighted by Gasteiger charge is -2.23. The summed E-state index contributed by atoms with van der Waals surface area (Å²) in [5, 5.41) is 2.85. The van der Waals surface area contributed by atoms with Gasteiger partial charge in [0.25, 0.3) is 5.91 Å². The number of amides is 1. The molecule has 0 atom stereocenters. The fourth-order valence-corrected chi connectivity index (χ4v) is 1.87. The van der Waals surface area contributed by atoms with Gasteiger partial charge in [-0.15, -0.1) is 0 Å². The van der Waals surface area contributed by atoms with Crippen molar-refractivity contribution in [3.05, 3.63) is 29.3 Å². The SMILES string of the molecule is CN(C)c1cccc2c1CCNC2=O. The largest absolute Gasteiger partial charge is 0.377 e. The maximum atomic E-state index is 11.5. The molecular formula is C11H14N2O. The summed E-state index contributed by atoms with van der Waals surface area (Å²) in [5.74, 6) is 0.0509. The molecule has 0 unspecified atom stereocenters. The van der Waals surface area contributed by atoms with Gasteiger partial charge < -0.3 is 10.2 Å². The first-order valence-electron chi connectivity index (χ1n) is 4.77. The number of benzene rings is 1. The van der Waals surface area contributed by atoms with Crippen molar-refractivity contribution in [3.8, 4) is 0 Å². The second-order valence-electron chi connectivity index (χ2n) is 3.70. The summed E-state index contributed by atoms with van der Waals surface area (Å²) in [7, 11) is 4.00. The van der Waals surface area contributed by atoms with E-state index in [0.717, 1.165) is 24.2 Å². The normalized spacial score (nSPS) is 14.6. The molecule has 2 rings (SSSR count). The van der Waals surface area contributed by atoms with Crippen molar-refractivity contribution in [2.45, 2.75) is 6.42 Å². The van der Waals surface area contributed by atoms with Gasteiger partial charge in [0.05, 0.1) is 0 Å². The predicted molar refractivity (Wildman–Crippen MR) is 56.8 cm³/mol. The number of nitrogens with one attached hydrogen (secondary N) is 1. The average Bonchev–Trinajstić information content (AvgIpc) is 2.17. The molecule has 0 aliphatic carbocycles. The Kier molecular flexibility index (Phi) is 2.15. The van der Waals surface area contributed by atoms with Crippen molar-refractivity contribution < 1.29 is 4.79 Å². The number of carbonyl (C=O) groups is 1. The predicted octanol–water partition coefficient (Wildman–Crippen LogP) is 1.04. The standard InChI is InChI=1S/C11H14N2O/c1-13(2)10-5-3-4-9-8(10)6-7-12-11(9)14/h3-5H,6-7H2,1-2H3,(H,12,14). The quantitative estimate of drug-likeness (QED) is 0.717. The summed E-state index contributed by atoms with van der Waals surface area (Å²) in [6.07, 6.45) is 0.926. The number of carbonyl (C=O) groups excluding carboxylic acids is 1. The molecule has 0 bridgehead atoms. The molecule has 1 aromatic rings. The van der Waals surface area contributed by atoms with Crippen LogP contribution in [0.4, 0.5) is 5.69 Å². The fraction of sp³-hybridized carbons (Fsp3) is 0.364. The molecule has 0 radical (unpaired) electrons. The van der Waals surface area contributed by atoms with E-state index in [1.807, 2.05) is 26.2 Å². The van der Waals surface area contributed by atoms with Crippen LogP contribution in [0, 0.1) is 0 Å². The molecule has 1 aliphatic heterocycles. The Morgan fingerprint density at radius 2 is 2.14 bits per heavy atom. The molecule has 1 aliphatic rings. The minimum Gasteiger partial charge on any atom is -0.377 e. The smallest absolute Gasteiger partial charge is 0.251 e. The summed E-state index contributed by atoms with van der Waals surface area (Å²) >= 11 is 0. The van der Waals surface area contributed by atoms with E-state index in [-0.39, 0.29) is 5.91 Å². The van der Waals surface area contributed by atoms with Gasteiger partial charge in [-0.3, -0.25) is 4.79 Å². The number of rotatable bonds is 1. The van der Waals surface area contributed by atoms with Gasteiger partial charge in [-0.1, -0.05) is 6.07 Å². The summed E-state index contributed by atoms with van der Waals surface area (Å²) in [6.45, 7) is 0.747. The van der Waals surface area contributed by atoms with Crippen molar-refractivity contribution in [2.75, 3.05) is 25.5 Å². The third-order valence-electron chi connectivity index (χ3n) is 2.54. The van der Waals surface area contributed by atoms with E-state index in [0.29, 0.717) is 0 Å². The van der Waals surface area contributed by atoms with Crippen molar-refractivity contribution in [1.82, 2.24) is 5.32 Å². The second kappa shape index (κ2) is 3.33. The van der Waals surface area contributed by atoms with E-state index in [1.165, 1.54) is 5.56 Å². The topological polar surface area (TPSA) is 32.3 Å². The highest BCUT2D eigenvalue weighted by Gasteiger charge is 2.19. The van der Waals surface area contributed by atoms with Crippen LogP contribution >= 0.6 is 0 Å². The Labute approximate surface area is 83.7 Å². The van der Waals surface area contributed by atoms with Gasteiger partial charge in [-0.05, 0) is 24.1 Å². The van der Waals surface area contributed by atoms with E-state index >= 15 is 0 Å². The van der Waals surface area contributed by atoms with Crippen molar-refractivity contribution >= 4 is 11.6 Å². The lowest BCUT2D eigenvalue weighted by Crippen LogP contribution is -2.32. The van der Waals surface area contributed by atoms with Gasteiger partial charge >= 0.3 is 0 Å². The number of nitrogens with zero attached hydrogens (tertiary/aromatic N) is 1. The lowest BCUT2D eigenvalue weighted by molar-refractivity contribution is 0.0946. The molecule has 14 heavy (non-hydrogen) atoms. The fourth-order valence-electron chi connectivity index (χ4n) is 1.87. The molecule has 74 valence electrons. The Balaban J connectivity index is 2.55. The first-order chi connectivity index (χ1) is 6.70. The van der Waals surface area contributed by atoms with E-state index in [2.05, 4.69) is 16.3 Å². The molecular weight excluding hydrogens is 176 g/mol. The molecule has 1 amide bonds. The molecule has 0 aromatic heterocycles. The molecule has 1 N–H and O–H groups in total. The molecule has 0 saturated heterocycles. The van der Waals surface area contributed by atoms with Crippen LogP contribution in [0.5, 0.6) is 0 Å². The first kappa shape index (κ1) is 9.06. The second-order valence-corrected chi connectivity index (χ2v) is 3.70. The maximum Gasteiger partial charge on any atom is 0.251 e. The van der Waals surface area contributed by atoms with Gasteiger partial charge in [-0.25, -0.2) is 0 Å². The minimum absolute atomic E-state index is 0.0509. The van der Waals surface area contributed by atoms with Crippen LogP contribution in [0.2, 0.25) is 0 Å². The highest BCUT2D eigenvalue weighted by molar-refractivity contribution is 5.98. The van der Waals surface area contributed by atoms with E-state index in [1.54, 1.807) is 0 Å². The lowest BCUT2D eigenvalue weighted by atomic mass is 9.98. The Bertz CT molecular complexity index is 372. The maximum absolute atomic E-state index is 11.5. The van der Waals surface area contributed by atoms with Crippen LogP contribution in [0.3, 0.4) is 0 Å². The third kappa shape index (κ3) is 1.35. The van der Waals surface area contributed by atoms with E-state index in [9.17, 15) is 4.79 Å². The van der Waals surface area contributed by atoms with Crippen LogP contribution in [0.1, 0.15) is 15.9 Å². The van der Waals surface area contributed by atoms with Crippen LogP contribution in [0.15, 0.2) is 18.2 Å². The molecule has 1 heterocycles. The van der Waals surface area contributed by atoms with Crippen LogP contribution in [-0.2, 0) is 6.42 Å². The Hall–Kier alpha value is -1.51. The number of fused-ring (bicyclic) bond motifs is 1. The van der Waals surface area contributed by atoms with Crippen LogP contribution in [-0.4, -0.2) is 26.5 Å². The van der Waals surface area contributed by atoms with Crippen molar-refractivity contribution in [2.24, 2.45) is 0 Å². The average molecular weight is 190 g/mol. The van der Waals surface area contributed by atoms with Gasteiger partial charge in [0, 0.05) is 31.9 Å². The van der Waals surface area contributed by atoms with Crippen molar-refractivity contribution in [3.63, 3.8) is 0 Å². The Morgan fingerprint density at radius 3 is 2.86 bits per heavy atom. The minimum atomic E-state index is 0.0509. The van der Waals surface area contributed by atoms with E-state index < -0.39 is 0 Å². The molecule has 1 aromatic carbocycles. The summed E-state index contributed by atoms with van der Waals surface area (Å²) in [6, 6.07) is 5.87. The molecule has 0 saturated carbocycles. The van der Waals surface area contributed by atoms with Gasteiger partial charge in [0.1, 0.15) is 0 Å². The first-order valence-corrected chi connectivity index (χ1v) is 4.77. The van der Waals surface area contributed by atoms with Crippen molar-refractivity contribution in [1.29, 1.82) is 0 Å². The number of anilines is 1. The monoisotopic (exact) mass is 190 g/mol.